The monoisotopic (exact) mass is 646 g/mol. The number of benzene rings is 3. The van der Waals surface area contributed by atoms with E-state index in [-0.39, 0.29) is 28.4 Å². The van der Waals surface area contributed by atoms with Crippen LogP contribution in [0.4, 0.5) is 10.6 Å². The molecule has 0 bridgehead atoms. The van der Waals surface area contributed by atoms with Crippen LogP contribution < -0.4 is 10.6 Å². The lowest BCUT2D eigenvalue weighted by atomic mass is 9.92. The zero-order valence-electron chi connectivity index (χ0n) is 23.8. The number of hydrogen-bond donors (Lipinski definition) is 4. The summed E-state index contributed by atoms with van der Waals surface area (Å²) in [7, 11) is 0. The van der Waals surface area contributed by atoms with Gasteiger partial charge in [-0.15, -0.1) is 0 Å². The van der Waals surface area contributed by atoms with Gasteiger partial charge >= 0.3 is 12.0 Å². The van der Waals surface area contributed by atoms with E-state index in [9.17, 15) is 19.8 Å². The van der Waals surface area contributed by atoms with Crippen molar-refractivity contribution in [2.45, 2.75) is 42.5 Å². The first-order chi connectivity index (χ1) is 21.0. The maximum atomic E-state index is 13.1. The van der Waals surface area contributed by atoms with Crippen molar-refractivity contribution >= 4 is 67.7 Å². The Balaban J connectivity index is 1.19. The van der Waals surface area contributed by atoms with Gasteiger partial charge in [0.1, 0.15) is 11.6 Å². The first-order valence-corrected chi connectivity index (χ1v) is 15.5. The van der Waals surface area contributed by atoms with Gasteiger partial charge in [-0.25, -0.2) is 19.3 Å². The Bertz CT molecular complexity index is 2060. The van der Waals surface area contributed by atoms with Crippen LogP contribution in [-0.4, -0.2) is 41.4 Å². The number of urea groups is 1. The number of carboxylic acids is 1. The summed E-state index contributed by atoms with van der Waals surface area (Å²) in [6.45, 7) is 6.37. The Morgan fingerprint density at radius 1 is 1.07 bits per heavy atom. The normalized spacial score (nSPS) is 11.7. The number of halogens is 1. The van der Waals surface area contributed by atoms with Gasteiger partial charge in [0.2, 0.25) is 0 Å². The van der Waals surface area contributed by atoms with Gasteiger partial charge in [-0.1, -0.05) is 73.7 Å². The van der Waals surface area contributed by atoms with E-state index in [2.05, 4.69) is 15.6 Å². The number of aromatic hydroxyl groups is 1. The highest BCUT2D eigenvalue weighted by molar-refractivity contribution is 7.99. The third-order valence-electron chi connectivity index (χ3n) is 6.86. The van der Waals surface area contributed by atoms with Gasteiger partial charge in [0.15, 0.2) is 10.7 Å². The molecule has 6 aromatic rings. The molecule has 3 aromatic carbocycles. The number of anilines is 1. The maximum Gasteiger partial charge on any atom is 0.354 e. The molecule has 2 amide bonds. The maximum absolute atomic E-state index is 13.1. The summed E-state index contributed by atoms with van der Waals surface area (Å²) in [5.74, 6) is -0.608. The number of imidazole rings is 1. The number of carboxylic acid groups (broad SMARTS) is 1. The van der Waals surface area contributed by atoms with E-state index in [1.807, 2.05) is 69.3 Å². The number of phenolic OH excluding ortho intramolecular Hbond substituents is 1. The number of phenols is 1. The van der Waals surface area contributed by atoms with Crippen LogP contribution >= 0.6 is 34.7 Å². The van der Waals surface area contributed by atoms with Crippen LogP contribution in [0.1, 0.15) is 42.5 Å². The van der Waals surface area contributed by atoms with E-state index >= 15 is 0 Å². The highest BCUT2D eigenvalue weighted by Crippen LogP contribution is 2.36. The molecule has 3 heterocycles. The number of aromatic nitrogens is 4. The van der Waals surface area contributed by atoms with Crippen LogP contribution in [0.2, 0.25) is 5.02 Å². The van der Waals surface area contributed by atoms with Gasteiger partial charge in [0.25, 0.3) is 0 Å². The highest BCUT2D eigenvalue weighted by Gasteiger charge is 2.22. The number of hydrogen-bond acceptors (Lipinski definition) is 7. The van der Waals surface area contributed by atoms with Gasteiger partial charge < -0.3 is 15.5 Å². The summed E-state index contributed by atoms with van der Waals surface area (Å²) in [5.41, 5.74) is 2.94. The molecule has 224 valence electrons. The molecule has 0 radical (unpaired) electrons. The van der Waals surface area contributed by atoms with E-state index in [4.69, 9.17) is 16.7 Å². The predicted molar refractivity (Wildman–Crippen MR) is 173 cm³/mol. The second-order valence-corrected chi connectivity index (χ2v) is 13.6. The minimum Gasteiger partial charge on any atom is -0.506 e. The summed E-state index contributed by atoms with van der Waals surface area (Å²) in [6, 6.07) is 19.8. The molecule has 0 spiro atoms. The lowest BCUT2D eigenvalue weighted by Gasteiger charge is -2.14. The average Bonchev–Trinajstić information content (AvgIpc) is 3.67. The third kappa shape index (κ3) is 5.83. The molecule has 0 aliphatic rings. The molecule has 0 aliphatic heterocycles. The van der Waals surface area contributed by atoms with E-state index < -0.39 is 12.0 Å². The smallest absolute Gasteiger partial charge is 0.354 e. The standard InChI is InChI=1S/C31H27ClN6O4S2/c1-31(2,3)26-14-27(38(36-26)18-8-11-23(39)20(32)12-18)35-29(42)33-15-17-6-4-5-7-24(17)43-19-9-10-21-25(13-19)44-30-34-16-22(28(40)41)37(21)30/h4-14,16,39H,15H2,1-3H3,(H,40,41)(H2,33,35,42). The van der Waals surface area contributed by atoms with E-state index in [0.717, 1.165) is 31.3 Å². The number of nitrogens with one attached hydrogen (secondary N) is 2. The Kier molecular flexibility index (Phi) is 7.74. The molecular weight excluding hydrogens is 620 g/mol. The van der Waals surface area contributed by atoms with Crippen molar-refractivity contribution in [2.75, 3.05) is 5.32 Å². The highest BCUT2D eigenvalue weighted by atomic mass is 35.5. The second-order valence-electron chi connectivity index (χ2n) is 11.0. The van der Waals surface area contributed by atoms with Crippen molar-refractivity contribution in [1.29, 1.82) is 0 Å². The Morgan fingerprint density at radius 2 is 1.86 bits per heavy atom. The Labute approximate surface area is 265 Å². The number of carbonyl (C=O) groups is 2. The van der Waals surface area contributed by atoms with Crippen molar-refractivity contribution in [2.24, 2.45) is 0 Å². The van der Waals surface area contributed by atoms with Crippen LogP contribution in [0.5, 0.6) is 5.75 Å². The van der Waals surface area contributed by atoms with E-state index in [0.29, 0.717) is 16.5 Å². The fraction of sp³-hybridized carbons (Fsp3) is 0.161. The molecule has 44 heavy (non-hydrogen) atoms. The molecule has 0 fully saturated rings. The van der Waals surface area contributed by atoms with Crippen molar-refractivity contribution in [1.82, 2.24) is 24.5 Å². The van der Waals surface area contributed by atoms with Crippen molar-refractivity contribution in [3.63, 3.8) is 0 Å². The molecule has 0 saturated heterocycles. The minimum atomic E-state index is -1.02. The number of nitrogens with zero attached hydrogens (tertiary/aromatic N) is 4. The van der Waals surface area contributed by atoms with E-state index in [1.165, 1.54) is 23.6 Å². The third-order valence-corrected chi connectivity index (χ3v) is 9.29. The number of aromatic carboxylic acids is 1. The fourth-order valence-corrected chi connectivity index (χ4v) is 6.86. The van der Waals surface area contributed by atoms with Crippen molar-refractivity contribution in [3.8, 4) is 11.4 Å². The predicted octanol–water partition coefficient (Wildman–Crippen LogP) is 7.56. The summed E-state index contributed by atoms with van der Waals surface area (Å²) in [6.07, 6.45) is 1.37. The quantitative estimate of drug-likeness (QED) is 0.141. The SMILES string of the molecule is CC(C)(C)c1cc(NC(=O)NCc2ccccc2Sc2ccc3c(c2)sc2ncc(C(=O)O)n23)n(-c2ccc(O)c(Cl)c2)n1. The number of carbonyl (C=O) groups excluding carboxylic acids is 1. The molecule has 6 rings (SSSR count). The molecule has 3 aromatic heterocycles. The summed E-state index contributed by atoms with van der Waals surface area (Å²) in [4.78, 5) is 31.5. The van der Waals surface area contributed by atoms with Crippen LogP contribution in [0.15, 0.2) is 82.7 Å². The molecular formula is C31H27ClN6O4S2. The van der Waals surface area contributed by atoms with Crippen LogP contribution in [-0.2, 0) is 12.0 Å². The lowest BCUT2D eigenvalue weighted by Crippen LogP contribution is -2.29. The molecule has 4 N–H and O–H groups in total. The van der Waals surface area contributed by atoms with E-state index in [1.54, 1.807) is 33.0 Å². The first kappa shape index (κ1) is 29.5. The summed E-state index contributed by atoms with van der Waals surface area (Å²) < 4.78 is 4.17. The Morgan fingerprint density at radius 3 is 2.61 bits per heavy atom. The van der Waals surface area contributed by atoms with Crippen molar-refractivity contribution < 1.29 is 19.8 Å². The van der Waals surface area contributed by atoms with Crippen LogP contribution in [0.25, 0.3) is 20.9 Å². The number of fused-ring (bicyclic) bond motifs is 3. The number of rotatable bonds is 7. The van der Waals surface area contributed by atoms with Crippen LogP contribution in [0, 0.1) is 0 Å². The molecule has 13 heteroatoms. The zero-order valence-corrected chi connectivity index (χ0v) is 26.2. The summed E-state index contributed by atoms with van der Waals surface area (Å²) in [5, 5.41) is 30.1. The topological polar surface area (TPSA) is 134 Å². The molecule has 0 saturated carbocycles. The van der Waals surface area contributed by atoms with Crippen LogP contribution in [0.3, 0.4) is 0 Å². The fourth-order valence-electron chi connectivity index (χ4n) is 4.59. The van der Waals surface area contributed by atoms with Gasteiger partial charge in [-0.3, -0.25) is 9.72 Å². The first-order valence-electron chi connectivity index (χ1n) is 13.5. The van der Waals surface area contributed by atoms with Gasteiger partial charge in [0.05, 0.1) is 32.8 Å². The number of thiazole rings is 1. The van der Waals surface area contributed by atoms with Crippen molar-refractivity contribution in [3.05, 3.63) is 94.9 Å². The largest absolute Gasteiger partial charge is 0.506 e. The molecule has 0 aliphatic carbocycles. The minimum absolute atomic E-state index is 0.0414. The van der Waals surface area contributed by atoms with Gasteiger partial charge in [0, 0.05) is 27.8 Å². The molecule has 0 unspecified atom stereocenters. The van der Waals surface area contributed by atoms with Gasteiger partial charge in [-0.05, 0) is 48.0 Å². The number of amides is 2. The molecule has 0 atom stereocenters. The molecule has 10 nitrogen and oxygen atoms in total. The summed E-state index contributed by atoms with van der Waals surface area (Å²) >= 11 is 9.14. The zero-order chi connectivity index (χ0) is 31.2. The lowest BCUT2D eigenvalue weighted by molar-refractivity contribution is 0.0690. The second kappa shape index (κ2) is 11.5. The Hall–Kier alpha value is -4.52. The van der Waals surface area contributed by atoms with Gasteiger partial charge in [-0.2, -0.15) is 5.10 Å². The average molecular weight is 647 g/mol.